The maximum absolute atomic E-state index is 11.1. The van der Waals surface area contributed by atoms with E-state index in [1.807, 2.05) is 0 Å². The third-order valence-corrected chi connectivity index (χ3v) is 1.95. The van der Waals surface area contributed by atoms with Crippen molar-refractivity contribution in [2.75, 3.05) is 7.11 Å². The second-order valence-electron chi connectivity index (χ2n) is 2.90. The summed E-state index contributed by atoms with van der Waals surface area (Å²) in [5.74, 6) is -0.0697. The molecule has 0 aliphatic rings. The fraction of sp³-hybridized carbons (Fsp3) is 0.300. The molecule has 1 rings (SSSR count). The van der Waals surface area contributed by atoms with Gasteiger partial charge >= 0.3 is 0 Å². The molecule has 0 saturated carbocycles. The van der Waals surface area contributed by atoms with Gasteiger partial charge in [-0.2, -0.15) is 0 Å². The Morgan fingerprint density at radius 1 is 1.50 bits per heavy atom. The SMILES string of the molecule is COc1cc(C(C)=O)cc(CO)c1O. The molecule has 0 spiro atoms. The second kappa shape index (κ2) is 4.11. The van der Waals surface area contributed by atoms with Gasteiger partial charge in [0.25, 0.3) is 0 Å². The summed E-state index contributed by atoms with van der Waals surface area (Å²) in [7, 11) is 1.39. The van der Waals surface area contributed by atoms with E-state index in [0.29, 0.717) is 5.56 Å². The van der Waals surface area contributed by atoms with Gasteiger partial charge < -0.3 is 14.9 Å². The van der Waals surface area contributed by atoms with Crippen molar-refractivity contribution in [1.29, 1.82) is 0 Å². The highest BCUT2D eigenvalue weighted by Crippen LogP contribution is 2.31. The summed E-state index contributed by atoms with van der Waals surface area (Å²) >= 11 is 0. The zero-order chi connectivity index (χ0) is 10.7. The van der Waals surface area contributed by atoms with Gasteiger partial charge in [-0.15, -0.1) is 0 Å². The van der Waals surface area contributed by atoms with Crippen LogP contribution in [0.3, 0.4) is 0 Å². The van der Waals surface area contributed by atoms with E-state index in [-0.39, 0.29) is 29.5 Å². The lowest BCUT2D eigenvalue weighted by molar-refractivity contribution is 0.101. The number of hydrogen-bond acceptors (Lipinski definition) is 4. The van der Waals surface area contributed by atoms with Crippen LogP contribution >= 0.6 is 0 Å². The Kier molecular flexibility index (Phi) is 3.09. The van der Waals surface area contributed by atoms with Gasteiger partial charge in [0, 0.05) is 11.1 Å². The number of benzene rings is 1. The van der Waals surface area contributed by atoms with Crippen LogP contribution in [0.2, 0.25) is 0 Å². The van der Waals surface area contributed by atoms with Crippen LogP contribution in [0.25, 0.3) is 0 Å². The van der Waals surface area contributed by atoms with E-state index >= 15 is 0 Å². The molecule has 0 aliphatic heterocycles. The fourth-order valence-electron chi connectivity index (χ4n) is 1.14. The zero-order valence-corrected chi connectivity index (χ0v) is 8.07. The Bertz CT molecular complexity index is 332. The Morgan fingerprint density at radius 2 is 2.14 bits per heavy atom. The highest BCUT2D eigenvalue weighted by Gasteiger charge is 2.11. The van der Waals surface area contributed by atoms with Crippen molar-refractivity contribution in [3.63, 3.8) is 0 Å². The minimum atomic E-state index is -0.330. The van der Waals surface area contributed by atoms with Crippen molar-refractivity contribution in [3.05, 3.63) is 23.3 Å². The van der Waals surface area contributed by atoms with Gasteiger partial charge in [-0.1, -0.05) is 0 Å². The third-order valence-electron chi connectivity index (χ3n) is 1.95. The van der Waals surface area contributed by atoms with Gasteiger partial charge in [-0.3, -0.25) is 4.79 Å². The van der Waals surface area contributed by atoms with E-state index in [1.165, 1.54) is 26.2 Å². The molecule has 0 unspecified atom stereocenters. The molecule has 4 heteroatoms. The summed E-state index contributed by atoms with van der Waals surface area (Å²) in [6.07, 6.45) is 0. The first-order valence-electron chi connectivity index (χ1n) is 4.11. The molecule has 0 atom stereocenters. The molecule has 4 nitrogen and oxygen atoms in total. The normalized spacial score (nSPS) is 9.93. The topological polar surface area (TPSA) is 66.8 Å². The lowest BCUT2D eigenvalue weighted by atomic mass is 10.1. The third kappa shape index (κ3) is 1.85. The fourth-order valence-corrected chi connectivity index (χ4v) is 1.14. The molecular formula is C10H12O4. The quantitative estimate of drug-likeness (QED) is 0.710. The van der Waals surface area contributed by atoms with Crippen LogP contribution in [-0.2, 0) is 6.61 Å². The molecular weight excluding hydrogens is 184 g/mol. The lowest BCUT2D eigenvalue weighted by Gasteiger charge is -2.08. The lowest BCUT2D eigenvalue weighted by Crippen LogP contribution is -1.97. The van der Waals surface area contributed by atoms with Gasteiger partial charge in [-0.25, -0.2) is 0 Å². The monoisotopic (exact) mass is 196 g/mol. The number of aliphatic hydroxyl groups excluding tert-OH is 1. The number of methoxy groups -OCH3 is 1. The van der Waals surface area contributed by atoms with Crippen LogP contribution in [0.4, 0.5) is 0 Å². The molecule has 0 bridgehead atoms. The summed E-state index contributed by atoms with van der Waals surface area (Å²) in [5, 5.41) is 18.4. The van der Waals surface area contributed by atoms with Gasteiger partial charge in [0.05, 0.1) is 13.7 Å². The maximum atomic E-state index is 11.1. The average Bonchev–Trinajstić information content (AvgIpc) is 2.17. The Morgan fingerprint density at radius 3 is 2.57 bits per heavy atom. The van der Waals surface area contributed by atoms with Crippen LogP contribution in [0.5, 0.6) is 11.5 Å². The molecule has 1 aromatic carbocycles. The highest BCUT2D eigenvalue weighted by molar-refractivity contribution is 5.95. The summed E-state index contributed by atoms with van der Waals surface area (Å²) in [6, 6.07) is 2.89. The Hall–Kier alpha value is -1.55. The molecule has 0 amide bonds. The van der Waals surface area contributed by atoms with Crippen LogP contribution in [0.15, 0.2) is 12.1 Å². The molecule has 14 heavy (non-hydrogen) atoms. The van der Waals surface area contributed by atoms with E-state index in [2.05, 4.69) is 0 Å². The number of aliphatic hydroxyl groups is 1. The molecule has 2 N–H and O–H groups in total. The minimum absolute atomic E-state index is 0.125. The van der Waals surface area contributed by atoms with Crippen molar-refractivity contribution in [3.8, 4) is 11.5 Å². The van der Waals surface area contributed by atoms with Crippen LogP contribution in [0, 0.1) is 0 Å². The predicted octanol–water partition coefficient (Wildman–Crippen LogP) is 1.10. The van der Waals surface area contributed by atoms with E-state index < -0.39 is 0 Å². The van der Waals surface area contributed by atoms with E-state index in [0.717, 1.165) is 0 Å². The number of phenols is 1. The largest absolute Gasteiger partial charge is 0.504 e. The molecule has 76 valence electrons. The van der Waals surface area contributed by atoms with Crippen molar-refractivity contribution in [2.24, 2.45) is 0 Å². The highest BCUT2D eigenvalue weighted by atomic mass is 16.5. The standard InChI is InChI=1S/C10H12O4/c1-6(12)7-3-8(5-11)10(13)9(4-7)14-2/h3-4,11,13H,5H2,1-2H3. The minimum Gasteiger partial charge on any atom is -0.504 e. The summed E-state index contributed by atoms with van der Waals surface area (Å²) in [4.78, 5) is 11.1. The van der Waals surface area contributed by atoms with Crippen molar-refractivity contribution >= 4 is 5.78 Å². The van der Waals surface area contributed by atoms with E-state index in [9.17, 15) is 9.90 Å². The number of carbonyl (C=O) groups is 1. The van der Waals surface area contributed by atoms with Crippen molar-refractivity contribution < 1.29 is 19.7 Å². The number of hydrogen-bond donors (Lipinski definition) is 2. The molecule has 0 saturated heterocycles. The van der Waals surface area contributed by atoms with Crippen molar-refractivity contribution in [1.82, 2.24) is 0 Å². The summed E-state index contributed by atoms with van der Waals surface area (Å²) in [5.41, 5.74) is 0.693. The van der Waals surface area contributed by atoms with Crippen LogP contribution < -0.4 is 4.74 Å². The van der Waals surface area contributed by atoms with Gasteiger partial charge in [0.2, 0.25) is 0 Å². The predicted molar refractivity (Wildman–Crippen MR) is 50.6 cm³/mol. The second-order valence-corrected chi connectivity index (χ2v) is 2.90. The van der Waals surface area contributed by atoms with Crippen LogP contribution in [0.1, 0.15) is 22.8 Å². The zero-order valence-electron chi connectivity index (χ0n) is 8.07. The summed E-state index contributed by atoms with van der Waals surface area (Å²) < 4.78 is 4.86. The molecule has 1 aromatic rings. The molecule has 0 fully saturated rings. The Balaban J connectivity index is 3.32. The Labute approximate surface area is 81.8 Å². The number of ketones is 1. The first-order chi connectivity index (χ1) is 6.60. The van der Waals surface area contributed by atoms with Crippen LogP contribution in [-0.4, -0.2) is 23.1 Å². The average molecular weight is 196 g/mol. The van der Waals surface area contributed by atoms with Gasteiger partial charge in [0.1, 0.15) is 0 Å². The summed E-state index contributed by atoms with van der Waals surface area (Å²) in [6.45, 7) is 1.08. The van der Waals surface area contributed by atoms with Gasteiger partial charge in [0.15, 0.2) is 17.3 Å². The number of Topliss-reactive ketones (excluding diaryl/α,β-unsaturated/α-hetero) is 1. The van der Waals surface area contributed by atoms with Crippen molar-refractivity contribution in [2.45, 2.75) is 13.5 Å². The maximum Gasteiger partial charge on any atom is 0.163 e. The number of carbonyl (C=O) groups excluding carboxylic acids is 1. The first kappa shape index (κ1) is 10.5. The molecule has 0 aromatic heterocycles. The molecule has 0 heterocycles. The number of ether oxygens (including phenoxy) is 1. The smallest absolute Gasteiger partial charge is 0.163 e. The van der Waals surface area contributed by atoms with Gasteiger partial charge in [-0.05, 0) is 19.1 Å². The first-order valence-corrected chi connectivity index (χ1v) is 4.11. The number of rotatable bonds is 3. The van der Waals surface area contributed by atoms with E-state index in [1.54, 1.807) is 0 Å². The molecule has 0 aliphatic carbocycles. The molecule has 0 radical (unpaired) electrons. The number of aromatic hydroxyl groups is 1. The van der Waals surface area contributed by atoms with E-state index in [4.69, 9.17) is 9.84 Å².